The van der Waals surface area contributed by atoms with E-state index in [0.29, 0.717) is 0 Å². The van der Waals surface area contributed by atoms with E-state index in [-0.39, 0.29) is 11.7 Å². The van der Waals surface area contributed by atoms with E-state index in [1.54, 1.807) is 7.11 Å². The fourth-order valence-electron chi connectivity index (χ4n) is 2.16. The topological polar surface area (TPSA) is 21.3 Å². The highest BCUT2D eigenvalue weighted by atomic mass is 19.2. The highest BCUT2D eigenvalue weighted by molar-refractivity contribution is 5.49. The molecule has 2 aromatic carbocycles. The summed E-state index contributed by atoms with van der Waals surface area (Å²) in [5, 5.41) is 3.03. The molecule has 0 bridgehead atoms. The first-order chi connectivity index (χ1) is 9.67. The summed E-state index contributed by atoms with van der Waals surface area (Å²) in [6.07, 6.45) is 0.719. The molecule has 2 aromatic rings. The predicted molar refractivity (Wildman–Crippen MR) is 76.0 cm³/mol. The summed E-state index contributed by atoms with van der Waals surface area (Å²) in [6, 6.07) is 11.5. The Bertz CT molecular complexity index is 586. The Kier molecular flexibility index (Phi) is 4.56. The SMILES string of the molecule is CCC(Nc1cccc(F)c1F)c1ccccc1OC. The van der Waals surface area contributed by atoms with E-state index in [1.807, 2.05) is 31.2 Å². The molecule has 0 fully saturated rings. The van der Waals surface area contributed by atoms with Crippen LogP contribution in [0.3, 0.4) is 0 Å². The van der Waals surface area contributed by atoms with E-state index in [0.717, 1.165) is 23.8 Å². The molecule has 2 nitrogen and oxygen atoms in total. The molecule has 106 valence electrons. The Morgan fingerprint density at radius 3 is 2.55 bits per heavy atom. The molecule has 0 aliphatic rings. The number of hydrogen-bond acceptors (Lipinski definition) is 2. The van der Waals surface area contributed by atoms with E-state index in [4.69, 9.17) is 4.74 Å². The van der Waals surface area contributed by atoms with Crippen LogP contribution in [0.5, 0.6) is 5.75 Å². The van der Waals surface area contributed by atoms with Crippen LogP contribution in [-0.4, -0.2) is 7.11 Å². The Hall–Kier alpha value is -2.10. The van der Waals surface area contributed by atoms with Gasteiger partial charge in [-0.2, -0.15) is 0 Å². The number of methoxy groups -OCH3 is 1. The zero-order valence-corrected chi connectivity index (χ0v) is 11.5. The maximum absolute atomic E-state index is 13.7. The third-order valence-corrected chi connectivity index (χ3v) is 3.20. The third-order valence-electron chi connectivity index (χ3n) is 3.20. The van der Waals surface area contributed by atoms with Crippen molar-refractivity contribution in [2.75, 3.05) is 12.4 Å². The van der Waals surface area contributed by atoms with Crippen molar-refractivity contribution in [3.8, 4) is 5.75 Å². The highest BCUT2D eigenvalue weighted by Gasteiger charge is 2.16. The average molecular weight is 277 g/mol. The molecule has 0 aliphatic carbocycles. The highest BCUT2D eigenvalue weighted by Crippen LogP contribution is 2.31. The number of ether oxygens (including phenoxy) is 1. The smallest absolute Gasteiger partial charge is 0.181 e. The largest absolute Gasteiger partial charge is 0.496 e. The molecule has 20 heavy (non-hydrogen) atoms. The lowest BCUT2D eigenvalue weighted by Crippen LogP contribution is -2.12. The molecule has 0 saturated heterocycles. The fourth-order valence-corrected chi connectivity index (χ4v) is 2.16. The number of rotatable bonds is 5. The molecule has 0 spiro atoms. The molecule has 4 heteroatoms. The molecule has 0 amide bonds. The van der Waals surface area contributed by atoms with Crippen LogP contribution in [0.15, 0.2) is 42.5 Å². The summed E-state index contributed by atoms with van der Waals surface area (Å²) < 4.78 is 32.3. The lowest BCUT2D eigenvalue weighted by atomic mass is 10.0. The summed E-state index contributed by atoms with van der Waals surface area (Å²) in [4.78, 5) is 0. The number of para-hydroxylation sites is 1. The van der Waals surface area contributed by atoms with Gasteiger partial charge in [-0.25, -0.2) is 8.78 Å². The van der Waals surface area contributed by atoms with Gasteiger partial charge in [0.05, 0.1) is 18.8 Å². The van der Waals surface area contributed by atoms with Gasteiger partial charge in [0.1, 0.15) is 5.75 Å². The van der Waals surface area contributed by atoms with Crippen molar-refractivity contribution in [3.63, 3.8) is 0 Å². The minimum absolute atomic E-state index is 0.151. The van der Waals surface area contributed by atoms with Crippen molar-refractivity contribution in [2.24, 2.45) is 0 Å². The van der Waals surface area contributed by atoms with Crippen LogP contribution in [-0.2, 0) is 0 Å². The first-order valence-electron chi connectivity index (χ1n) is 6.50. The van der Waals surface area contributed by atoms with Crippen molar-refractivity contribution in [1.82, 2.24) is 0 Å². The second-order valence-corrected chi connectivity index (χ2v) is 4.45. The van der Waals surface area contributed by atoms with Crippen molar-refractivity contribution < 1.29 is 13.5 Å². The molecule has 1 N–H and O–H groups in total. The van der Waals surface area contributed by atoms with Crippen molar-refractivity contribution in [3.05, 3.63) is 59.7 Å². The van der Waals surface area contributed by atoms with Gasteiger partial charge < -0.3 is 10.1 Å². The summed E-state index contributed by atoms with van der Waals surface area (Å²) >= 11 is 0. The number of hydrogen-bond donors (Lipinski definition) is 1. The Labute approximate surface area is 117 Å². The predicted octanol–water partition coefficient (Wildman–Crippen LogP) is 4.54. The van der Waals surface area contributed by atoms with Crippen LogP contribution in [0.4, 0.5) is 14.5 Å². The number of halogens is 2. The fraction of sp³-hybridized carbons (Fsp3) is 0.250. The lowest BCUT2D eigenvalue weighted by molar-refractivity contribution is 0.406. The molecular weight excluding hydrogens is 260 g/mol. The second kappa shape index (κ2) is 6.37. The van der Waals surface area contributed by atoms with Gasteiger partial charge in [0, 0.05) is 5.56 Å². The number of nitrogens with one attached hydrogen (secondary N) is 1. The third kappa shape index (κ3) is 2.90. The molecule has 0 saturated carbocycles. The van der Waals surface area contributed by atoms with E-state index in [9.17, 15) is 8.78 Å². The van der Waals surface area contributed by atoms with Crippen LogP contribution >= 0.6 is 0 Å². The van der Waals surface area contributed by atoms with E-state index in [2.05, 4.69) is 5.32 Å². The minimum atomic E-state index is -0.860. The zero-order valence-electron chi connectivity index (χ0n) is 11.5. The Morgan fingerprint density at radius 2 is 1.85 bits per heavy atom. The summed E-state index contributed by atoms with van der Waals surface area (Å²) in [6.45, 7) is 1.97. The van der Waals surface area contributed by atoms with Crippen molar-refractivity contribution in [2.45, 2.75) is 19.4 Å². The zero-order chi connectivity index (χ0) is 14.5. The normalized spacial score (nSPS) is 12.0. The molecule has 0 radical (unpaired) electrons. The van der Waals surface area contributed by atoms with Gasteiger partial charge >= 0.3 is 0 Å². The molecule has 0 aromatic heterocycles. The standard InChI is InChI=1S/C16H17F2NO/c1-3-13(11-7-4-5-10-15(11)20-2)19-14-9-6-8-12(17)16(14)18/h4-10,13,19H,3H2,1-2H3. The van der Waals surface area contributed by atoms with Gasteiger partial charge in [-0.3, -0.25) is 0 Å². The summed E-state index contributed by atoms with van der Waals surface area (Å²) in [7, 11) is 1.59. The molecule has 2 rings (SSSR count). The maximum atomic E-state index is 13.7. The Morgan fingerprint density at radius 1 is 1.10 bits per heavy atom. The average Bonchev–Trinajstić information content (AvgIpc) is 2.49. The van der Waals surface area contributed by atoms with Crippen molar-refractivity contribution >= 4 is 5.69 Å². The second-order valence-electron chi connectivity index (χ2n) is 4.45. The van der Waals surface area contributed by atoms with Crippen LogP contribution in [0, 0.1) is 11.6 Å². The summed E-state index contributed by atoms with van der Waals surface area (Å²) in [5.74, 6) is -0.991. The quantitative estimate of drug-likeness (QED) is 0.866. The number of anilines is 1. The van der Waals surface area contributed by atoms with E-state index < -0.39 is 11.6 Å². The number of benzene rings is 2. The van der Waals surface area contributed by atoms with Crippen LogP contribution in [0.2, 0.25) is 0 Å². The van der Waals surface area contributed by atoms with Gasteiger partial charge in [-0.15, -0.1) is 0 Å². The Balaban J connectivity index is 2.31. The van der Waals surface area contributed by atoms with Gasteiger partial charge in [0.15, 0.2) is 11.6 Å². The first kappa shape index (κ1) is 14.3. The van der Waals surface area contributed by atoms with Gasteiger partial charge in [-0.05, 0) is 24.6 Å². The molecule has 0 aliphatic heterocycles. The summed E-state index contributed by atoms with van der Waals surface area (Å²) in [5.41, 5.74) is 1.07. The van der Waals surface area contributed by atoms with E-state index >= 15 is 0 Å². The van der Waals surface area contributed by atoms with E-state index in [1.165, 1.54) is 12.1 Å². The first-order valence-corrected chi connectivity index (χ1v) is 6.50. The van der Waals surface area contributed by atoms with Gasteiger partial charge in [0.25, 0.3) is 0 Å². The molecular formula is C16H17F2NO. The molecule has 0 heterocycles. The van der Waals surface area contributed by atoms with Crippen LogP contribution < -0.4 is 10.1 Å². The maximum Gasteiger partial charge on any atom is 0.181 e. The van der Waals surface area contributed by atoms with Crippen LogP contribution in [0.1, 0.15) is 24.9 Å². The lowest BCUT2D eigenvalue weighted by Gasteiger charge is -2.21. The van der Waals surface area contributed by atoms with Gasteiger partial charge in [-0.1, -0.05) is 31.2 Å². The van der Waals surface area contributed by atoms with Crippen molar-refractivity contribution in [1.29, 1.82) is 0 Å². The van der Waals surface area contributed by atoms with Crippen LogP contribution in [0.25, 0.3) is 0 Å². The monoisotopic (exact) mass is 277 g/mol. The molecule has 1 unspecified atom stereocenters. The molecule has 1 atom stereocenters. The minimum Gasteiger partial charge on any atom is -0.496 e. The van der Waals surface area contributed by atoms with Gasteiger partial charge in [0.2, 0.25) is 0 Å².